The summed E-state index contributed by atoms with van der Waals surface area (Å²) in [5.74, 6) is 0.946. The number of benzene rings is 3. The van der Waals surface area contributed by atoms with Crippen LogP contribution < -0.4 is 15.6 Å². The number of methoxy groups -OCH3 is 1. The average molecular weight is 500 g/mol. The zero-order chi connectivity index (χ0) is 25.2. The van der Waals surface area contributed by atoms with Gasteiger partial charge in [0, 0.05) is 6.54 Å². The molecule has 2 heterocycles. The van der Waals surface area contributed by atoms with Crippen LogP contribution in [0.3, 0.4) is 0 Å². The molecule has 0 fully saturated rings. The van der Waals surface area contributed by atoms with Gasteiger partial charge in [-0.1, -0.05) is 59.8 Å². The maximum Gasteiger partial charge on any atom is 0.267 e. The van der Waals surface area contributed by atoms with E-state index in [2.05, 4.69) is 15.5 Å². The second-order valence-corrected chi connectivity index (χ2v) is 9.44. The van der Waals surface area contributed by atoms with Crippen LogP contribution in [0.25, 0.3) is 22.4 Å². The lowest BCUT2D eigenvalue weighted by Crippen LogP contribution is -2.25. The van der Waals surface area contributed by atoms with Crippen molar-refractivity contribution in [1.82, 2.24) is 24.5 Å². The van der Waals surface area contributed by atoms with Crippen LogP contribution in [0.4, 0.5) is 0 Å². The number of ether oxygens (including phenoxy) is 1. The first kappa shape index (κ1) is 23.6. The second kappa shape index (κ2) is 9.87. The highest BCUT2D eigenvalue weighted by Crippen LogP contribution is 2.27. The summed E-state index contributed by atoms with van der Waals surface area (Å²) in [6, 6.07) is 21.0. The second-order valence-electron chi connectivity index (χ2n) is 8.50. The third kappa shape index (κ3) is 4.45. The van der Waals surface area contributed by atoms with E-state index < -0.39 is 0 Å². The average Bonchev–Trinajstić information content (AvgIpc) is 3.31. The zero-order valence-electron chi connectivity index (χ0n) is 20.2. The Kier molecular flexibility index (Phi) is 6.47. The van der Waals surface area contributed by atoms with Gasteiger partial charge in [-0.25, -0.2) is 4.57 Å². The normalized spacial score (nSPS) is 11.2. The van der Waals surface area contributed by atoms with E-state index in [4.69, 9.17) is 4.74 Å². The van der Waals surface area contributed by atoms with E-state index in [9.17, 15) is 9.59 Å². The van der Waals surface area contributed by atoms with Gasteiger partial charge in [0.05, 0.1) is 29.5 Å². The van der Waals surface area contributed by atoms with Crippen molar-refractivity contribution in [3.8, 4) is 11.4 Å². The molecule has 5 rings (SSSR count). The van der Waals surface area contributed by atoms with Gasteiger partial charge in [-0.05, 0) is 49.2 Å². The smallest absolute Gasteiger partial charge is 0.267 e. The maximum absolute atomic E-state index is 13.6. The number of thioether (sulfide) groups is 1. The monoisotopic (exact) mass is 499 g/mol. The predicted molar refractivity (Wildman–Crippen MR) is 141 cm³/mol. The number of rotatable bonds is 7. The van der Waals surface area contributed by atoms with Crippen molar-refractivity contribution in [2.75, 3.05) is 12.9 Å². The van der Waals surface area contributed by atoms with Gasteiger partial charge >= 0.3 is 0 Å². The SMILES string of the molecule is COc1ccc(C)cc1-n1c(=O)c2ccccc2n2c(SCC(=O)NCc3ccc(C)cc3)nnc12. The molecule has 0 radical (unpaired) electrons. The molecule has 9 heteroatoms. The number of aryl methyl sites for hydroxylation is 2. The minimum absolute atomic E-state index is 0.115. The van der Waals surface area contributed by atoms with Gasteiger partial charge in [-0.3, -0.25) is 14.0 Å². The highest BCUT2D eigenvalue weighted by Gasteiger charge is 2.20. The number of aromatic nitrogens is 4. The summed E-state index contributed by atoms with van der Waals surface area (Å²) in [5, 5.41) is 12.7. The van der Waals surface area contributed by atoms with Crippen LogP contribution in [0.5, 0.6) is 5.75 Å². The molecule has 0 saturated heterocycles. The lowest BCUT2D eigenvalue weighted by molar-refractivity contribution is -0.118. The van der Waals surface area contributed by atoms with Crippen molar-refractivity contribution in [3.05, 3.63) is 93.8 Å². The molecule has 5 aromatic rings. The fraction of sp³-hybridized carbons (Fsp3) is 0.185. The van der Waals surface area contributed by atoms with E-state index in [1.807, 2.05) is 78.9 Å². The first-order chi connectivity index (χ1) is 17.5. The Balaban J connectivity index is 1.51. The highest BCUT2D eigenvalue weighted by atomic mass is 32.2. The van der Waals surface area contributed by atoms with Crippen LogP contribution in [0.1, 0.15) is 16.7 Å². The summed E-state index contributed by atoms with van der Waals surface area (Å²) >= 11 is 1.27. The molecule has 0 bridgehead atoms. The van der Waals surface area contributed by atoms with Crippen molar-refractivity contribution in [2.45, 2.75) is 25.5 Å². The molecule has 1 amide bonds. The summed E-state index contributed by atoms with van der Waals surface area (Å²) in [7, 11) is 1.57. The minimum Gasteiger partial charge on any atom is -0.495 e. The van der Waals surface area contributed by atoms with Gasteiger partial charge in [0.25, 0.3) is 5.56 Å². The quantitative estimate of drug-likeness (QED) is 0.340. The number of nitrogens with zero attached hydrogens (tertiary/aromatic N) is 4. The molecule has 1 N–H and O–H groups in total. The van der Waals surface area contributed by atoms with Gasteiger partial charge in [-0.15, -0.1) is 10.2 Å². The van der Waals surface area contributed by atoms with Gasteiger partial charge in [0.1, 0.15) is 5.75 Å². The van der Waals surface area contributed by atoms with Crippen molar-refractivity contribution in [3.63, 3.8) is 0 Å². The number of carbonyl (C=O) groups is 1. The van der Waals surface area contributed by atoms with E-state index in [-0.39, 0.29) is 17.2 Å². The summed E-state index contributed by atoms with van der Waals surface area (Å²) in [4.78, 5) is 26.2. The molecule has 0 spiro atoms. The molecule has 0 saturated carbocycles. The van der Waals surface area contributed by atoms with Crippen LogP contribution in [-0.4, -0.2) is 37.9 Å². The van der Waals surface area contributed by atoms with Crippen molar-refractivity contribution in [1.29, 1.82) is 0 Å². The predicted octanol–water partition coefficient (Wildman–Crippen LogP) is 4.07. The topological polar surface area (TPSA) is 90.5 Å². The Morgan fingerprint density at radius 1 is 1.00 bits per heavy atom. The molecular formula is C27H25N5O3S. The summed E-state index contributed by atoms with van der Waals surface area (Å²) in [6.07, 6.45) is 0. The van der Waals surface area contributed by atoms with E-state index in [0.29, 0.717) is 39.8 Å². The number of hydrogen-bond donors (Lipinski definition) is 1. The fourth-order valence-electron chi connectivity index (χ4n) is 4.05. The van der Waals surface area contributed by atoms with Crippen LogP contribution in [0.15, 0.2) is 76.7 Å². The Bertz CT molecular complexity index is 1640. The van der Waals surface area contributed by atoms with Crippen molar-refractivity contribution < 1.29 is 9.53 Å². The molecule has 2 aromatic heterocycles. The molecule has 36 heavy (non-hydrogen) atoms. The number of fused-ring (bicyclic) bond motifs is 3. The molecule has 0 aliphatic rings. The first-order valence-electron chi connectivity index (χ1n) is 11.4. The third-order valence-corrected chi connectivity index (χ3v) is 6.84. The number of carbonyl (C=O) groups excluding carboxylic acids is 1. The Morgan fingerprint density at radius 3 is 2.53 bits per heavy atom. The summed E-state index contributed by atoms with van der Waals surface area (Å²) in [6.45, 7) is 4.43. The van der Waals surface area contributed by atoms with Crippen molar-refractivity contribution in [2.24, 2.45) is 0 Å². The van der Waals surface area contributed by atoms with Crippen molar-refractivity contribution >= 4 is 34.3 Å². The fourth-order valence-corrected chi connectivity index (χ4v) is 4.82. The van der Waals surface area contributed by atoms with Gasteiger partial charge in [0.15, 0.2) is 5.16 Å². The molecular weight excluding hydrogens is 474 g/mol. The number of nitrogens with one attached hydrogen (secondary N) is 1. The number of amides is 1. The third-order valence-electron chi connectivity index (χ3n) is 5.91. The van der Waals surface area contributed by atoms with E-state index in [1.54, 1.807) is 13.2 Å². The maximum atomic E-state index is 13.6. The molecule has 8 nitrogen and oxygen atoms in total. The summed E-state index contributed by atoms with van der Waals surface area (Å²) < 4.78 is 8.88. The molecule has 0 unspecified atom stereocenters. The van der Waals surface area contributed by atoms with E-state index in [1.165, 1.54) is 21.9 Å². The van der Waals surface area contributed by atoms with Crippen LogP contribution in [0.2, 0.25) is 0 Å². The molecule has 0 aliphatic heterocycles. The summed E-state index contributed by atoms with van der Waals surface area (Å²) in [5.41, 5.74) is 4.22. The molecule has 182 valence electrons. The van der Waals surface area contributed by atoms with E-state index >= 15 is 0 Å². The minimum atomic E-state index is -0.221. The Morgan fingerprint density at radius 2 is 1.75 bits per heavy atom. The zero-order valence-corrected chi connectivity index (χ0v) is 21.0. The molecule has 3 aromatic carbocycles. The van der Waals surface area contributed by atoms with Gasteiger partial charge in [0.2, 0.25) is 11.7 Å². The van der Waals surface area contributed by atoms with Gasteiger partial charge < -0.3 is 10.1 Å². The standard InChI is InChI=1S/C27H25N5O3S/c1-17-8-11-19(12-9-17)15-28-24(33)16-36-27-30-29-26-31(22-14-18(2)10-13-23(22)35-3)25(34)20-6-4-5-7-21(20)32(26)27/h4-14H,15-16H2,1-3H3,(H,28,33). The highest BCUT2D eigenvalue weighted by molar-refractivity contribution is 7.99. The van der Waals surface area contributed by atoms with E-state index in [0.717, 1.165) is 11.1 Å². The van der Waals surface area contributed by atoms with Crippen LogP contribution >= 0.6 is 11.8 Å². The molecule has 0 atom stereocenters. The Hall–Kier alpha value is -4.11. The Labute approximate surface area is 211 Å². The molecule has 0 aliphatic carbocycles. The lowest BCUT2D eigenvalue weighted by atomic mass is 10.1. The van der Waals surface area contributed by atoms with Crippen LogP contribution in [0, 0.1) is 13.8 Å². The number of para-hydroxylation sites is 1. The lowest BCUT2D eigenvalue weighted by Gasteiger charge is -2.14. The van der Waals surface area contributed by atoms with Gasteiger partial charge in [-0.2, -0.15) is 0 Å². The first-order valence-corrected chi connectivity index (χ1v) is 12.4. The van der Waals surface area contributed by atoms with Crippen LogP contribution in [-0.2, 0) is 11.3 Å². The largest absolute Gasteiger partial charge is 0.495 e. The number of hydrogen-bond acceptors (Lipinski definition) is 6.